The number of rotatable bonds is 2. The number of aromatic nitrogens is 1. The largest absolute Gasteiger partial charge is 0.673 e. The Bertz CT molecular complexity index is 369. The van der Waals surface area contributed by atoms with Crippen molar-refractivity contribution in [2.24, 2.45) is 0 Å². The third kappa shape index (κ3) is 5.35. The smallest absolute Gasteiger partial charge is 0.418 e. The average molecular weight is 266 g/mol. The summed E-state index contributed by atoms with van der Waals surface area (Å²) < 4.78 is 46.8. The van der Waals surface area contributed by atoms with E-state index in [0.29, 0.717) is 0 Å². The van der Waals surface area contributed by atoms with Gasteiger partial charge in [0.15, 0.2) is 0 Å². The molecule has 18 heavy (non-hydrogen) atoms. The topological polar surface area (TPSA) is 25.1 Å². The quantitative estimate of drug-likeness (QED) is 0.505. The number of ether oxygens (including phenoxy) is 1. The number of pyridine rings is 1. The van der Waals surface area contributed by atoms with Crippen LogP contribution in [-0.2, 0) is 4.74 Å². The normalized spacial score (nSPS) is 18.2. The van der Waals surface area contributed by atoms with E-state index in [1.807, 2.05) is 19.1 Å². The van der Waals surface area contributed by atoms with Crippen LogP contribution in [0, 0.1) is 0 Å². The maximum Gasteiger partial charge on any atom is 0.673 e. The lowest BCUT2D eigenvalue weighted by Crippen LogP contribution is -2.47. The van der Waals surface area contributed by atoms with E-state index in [2.05, 4.69) is 22.1 Å². The Morgan fingerprint density at radius 2 is 2.06 bits per heavy atom. The summed E-state index contributed by atoms with van der Waals surface area (Å²) in [4.78, 5) is 0. The Morgan fingerprint density at radius 3 is 2.67 bits per heavy atom. The molecule has 0 radical (unpaired) electrons. The van der Waals surface area contributed by atoms with Crippen molar-refractivity contribution >= 4 is 13.1 Å². The molecule has 0 saturated heterocycles. The highest BCUT2D eigenvalue weighted by molar-refractivity contribution is 6.50. The van der Waals surface area contributed by atoms with Crippen LogP contribution in [-0.4, -0.2) is 20.4 Å². The number of nitrogens with one attached hydrogen (secondary N) is 1. The van der Waals surface area contributed by atoms with Crippen molar-refractivity contribution in [3.8, 4) is 0 Å². The highest BCUT2D eigenvalue weighted by atomic mass is 19.5. The van der Waals surface area contributed by atoms with Gasteiger partial charge in [-0.05, 0) is 13.0 Å². The van der Waals surface area contributed by atoms with Crippen LogP contribution in [0.2, 0.25) is 0 Å². The molecule has 1 aliphatic rings. The molecule has 1 aromatic rings. The van der Waals surface area contributed by atoms with Gasteiger partial charge in [-0.15, -0.1) is 0 Å². The van der Waals surface area contributed by atoms with Crippen LogP contribution in [0.4, 0.5) is 23.1 Å². The van der Waals surface area contributed by atoms with E-state index in [0.717, 1.165) is 25.4 Å². The Morgan fingerprint density at radius 1 is 1.39 bits per heavy atom. The maximum absolute atomic E-state index is 9.75. The van der Waals surface area contributed by atoms with Gasteiger partial charge in [-0.3, -0.25) is 5.32 Å². The molecule has 2 rings (SSSR count). The molecular weight excluding hydrogens is 251 g/mol. The molecule has 0 spiro atoms. The van der Waals surface area contributed by atoms with E-state index in [4.69, 9.17) is 4.74 Å². The van der Waals surface area contributed by atoms with Crippen LogP contribution in [0.25, 0.3) is 0 Å². The molecule has 0 aliphatic carbocycles. The maximum atomic E-state index is 9.75. The van der Waals surface area contributed by atoms with E-state index < -0.39 is 7.25 Å². The van der Waals surface area contributed by atoms with Gasteiger partial charge in [0.2, 0.25) is 6.23 Å². The average Bonchev–Trinajstić information content (AvgIpc) is 2.28. The van der Waals surface area contributed by atoms with Crippen LogP contribution in [0.1, 0.15) is 19.6 Å². The van der Waals surface area contributed by atoms with Gasteiger partial charge in [0.1, 0.15) is 0 Å². The van der Waals surface area contributed by atoms with E-state index >= 15 is 0 Å². The molecule has 102 valence electrons. The first-order valence-electron chi connectivity index (χ1n) is 5.64. The molecule has 1 unspecified atom stereocenters. The predicted octanol–water partition coefficient (Wildman–Crippen LogP) is 2.62. The SMILES string of the molecule is CCOC1CCNc2cccc[n+]21.F[B-](F)(F)F. The van der Waals surface area contributed by atoms with Gasteiger partial charge < -0.3 is 22.0 Å². The first-order valence-corrected chi connectivity index (χ1v) is 5.64. The van der Waals surface area contributed by atoms with Gasteiger partial charge >= 0.3 is 7.25 Å². The standard InChI is InChI=1S/C10H14N2O.BF4/c1-2-13-10-6-7-11-9-5-3-4-8-12(9)10;2-1(3,4)5/h3-5,8,10H,2,6-7H2,1H3;/q;-1/p+1. The fraction of sp³-hybridized carbons (Fsp3) is 0.500. The van der Waals surface area contributed by atoms with E-state index in [1.165, 1.54) is 0 Å². The van der Waals surface area contributed by atoms with Crippen molar-refractivity contribution in [2.75, 3.05) is 18.5 Å². The molecular formula is C10H15BF4N2O. The van der Waals surface area contributed by atoms with Crippen LogP contribution in [0.5, 0.6) is 0 Å². The highest BCUT2D eigenvalue weighted by Crippen LogP contribution is 2.14. The third-order valence-electron chi connectivity index (χ3n) is 2.26. The number of halogens is 4. The molecule has 1 atom stereocenters. The molecule has 0 fully saturated rings. The Kier molecular flexibility index (Phi) is 5.39. The zero-order valence-electron chi connectivity index (χ0n) is 9.95. The number of hydrogen-bond donors (Lipinski definition) is 1. The zero-order valence-corrected chi connectivity index (χ0v) is 9.95. The molecule has 0 aromatic carbocycles. The summed E-state index contributed by atoms with van der Waals surface area (Å²) in [7, 11) is -6.00. The van der Waals surface area contributed by atoms with Gasteiger partial charge in [0, 0.05) is 12.7 Å². The number of hydrogen-bond acceptors (Lipinski definition) is 2. The summed E-state index contributed by atoms with van der Waals surface area (Å²) in [5.74, 6) is 1.15. The van der Waals surface area contributed by atoms with E-state index in [1.54, 1.807) is 0 Å². The fourth-order valence-electron chi connectivity index (χ4n) is 1.68. The number of fused-ring (bicyclic) bond motifs is 1. The molecule has 1 aliphatic heterocycles. The lowest BCUT2D eigenvalue weighted by atomic mass is 10.3. The minimum Gasteiger partial charge on any atom is -0.418 e. The van der Waals surface area contributed by atoms with Crippen molar-refractivity contribution in [2.45, 2.75) is 19.6 Å². The summed E-state index contributed by atoms with van der Waals surface area (Å²) in [6, 6.07) is 6.14. The van der Waals surface area contributed by atoms with Crippen molar-refractivity contribution in [1.29, 1.82) is 0 Å². The minimum absolute atomic E-state index is 0.211. The van der Waals surface area contributed by atoms with E-state index in [9.17, 15) is 17.3 Å². The molecule has 8 heteroatoms. The lowest BCUT2D eigenvalue weighted by molar-refractivity contribution is -0.753. The number of nitrogens with zero attached hydrogens (tertiary/aromatic N) is 1. The van der Waals surface area contributed by atoms with Crippen molar-refractivity contribution in [3.05, 3.63) is 24.4 Å². The highest BCUT2D eigenvalue weighted by Gasteiger charge is 2.24. The molecule has 1 aromatic heterocycles. The Balaban J connectivity index is 0.000000280. The number of anilines is 1. The third-order valence-corrected chi connectivity index (χ3v) is 2.26. The Labute approximate surface area is 103 Å². The second kappa shape index (κ2) is 6.58. The monoisotopic (exact) mass is 266 g/mol. The van der Waals surface area contributed by atoms with Gasteiger partial charge in [-0.1, -0.05) is 6.07 Å². The first kappa shape index (κ1) is 14.8. The zero-order chi connectivity index (χ0) is 13.6. The van der Waals surface area contributed by atoms with Gasteiger partial charge in [0.05, 0.1) is 19.2 Å². The van der Waals surface area contributed by atoms with Crippen molar-refractivity contribution in [3.63, 3.8) is 0 Å². The molecule has 0 saturated carbocycles. The van der Waals surface area contributed by atoms with E-state index in [-0.39, 0.29) is 6.23 Å². The summed E-state index contributed by atoms with van der Waals surface area (Å²) >= 11 is 0. The second-order valence-electron chi connectivity index (χ2n) is 3.61. The van der Waals surface area contributed by atoms with Gasteiger partial charge in [0.25, 0.3) is 5.82 Å². The molecule has 3 nitrogen and oxygen atoms in total. The van der Waals surface area contributed by atoms with Gasteiger partial charge in [-0.25, -0.2) is 4.57 Å². The summed E-state index contributed by atoms with van der Waals surface area (Å²) in [5.41, 5.74) is 0. The van der Waals surface area contributed by atoms with Crippen LogP contribution < -0.4 is 9.88 Å². The van der Waals surface area contributed by atoms with Crippen LogP contribution >= 0.6 is 0 Å². The predicted molar refractivity (Wildman–Crippen MR) is 60.6 cm³/mol. The van der Waals surface area contributed by atoms with Crippen LogP contribution in [0.3, 0.4) is 0 Å². The second-order valence-corrected chi connectivity index (χ2v) is 3.61. The summed E-state index contributed by atoms with van der Waals surface area (Å²) in [6.45, 7) is 3.80. The van der Waals surface area contributed by atoms with Gasteiger partial charge in [-0.2, -0.15) is 0 Å². The Hall–Kier alpha value is -1.31. The first-order chi connectivity index (χ1) is 8.42. The summed E-state index contributed by atoms with van der Waals surface area (Å²) in [5, 5.41) is 3.33. The van der Waals surface area contributed by atoms with Crippen LogP contribution in [0.15, 0.2) is 24.4 Å². The molecule has 0 amide bonds. The van der Waals surface area contributed by atoms with Crippen molar-refractivity contribution in [1.82, 2.24) is 0 Å². The molecule has 0 bridgehead atoms. The fourth-order valence-corrected chi connectivity index (χ4v) is 1.68. The van der Waals surface area contributed by atoms with Crippen molar-refractivity contribution < 1.29 is 26.6 Å². The molecule has 1 N–H and O–H groups in total. The molecule has 2 heterocycles. The summed E-state index contributed by atoms with van der Waals surface area (Å²) in [6.07, 6.45) is 3.31. The minimum atomic E-state index is -6.00. The lowest BCUT2D eigenvalue weighted by Gasteiger charge is -2.21.